The third kappa shape index (κ3) is 62.3. The topological polar surface area (TPSA) is 78.9 Å². The van der Waals surface area contributed by atoms with Crippen LogP contribution in [-0.2, 0) is 28.6 Å². The first-order valence-electron chi connectivity index (χ1n) is 31.7. The number of allylic oxidation sites excluding steroid dienone is 22. The third-order valence-electron chi connectivity index (χ3n) is 13.1. The van der Waals surface area contributed by atoms with Gasteiger partial charge in [0, 0.05) is 19.3 Å². The minimum absolute atomic E-state index is 0.0920. The van der Waals surface area contributed by atoms with Crippen molar-refractivity contribution < 1.29 is 28.6 Å². The van der Waals surface area contributed by atoms with Gasteiger partial charge in [-0.25, -0.2) is 0 Å². The van der Waals surface area contributed by atoms with E-state index in [2.05, 4.69) is 154 Å². The minimum atomic E-state index is -0.796. The largest absolute Gasteiger partial charge is 0.462 e. The summed E-state index contributed by atoms with van der Waals surface area (Å²) in [6, 6.07) is 0. The second-order valence-electron chi connectivity index (χ2n) is 20.5. The van der Waals surface area contributed by atoms with Crippen LogP contribution in [0.1, 0.15) is 278 Å². The SMILES string of the molecule is CC/C=C\C/C=C\C/C=C\C/C=C\C/C=C\C/C=C\CCCCCCCCC(=O)OCC(COC(=O)CCCCCCC/C=C\CCCC)OC(=O)CCCCCCCCCCCC/C=C\C/C=C\C/C=C\C/C=C\CC. The van der Waals surface area contributed by atoms with Gasteiger partial charge in [-0.05, 0) is 128 Å². The van der Waals surface area contributed by atoms with E-state index in [1.165, 1.54) is 89.9 Å². The molecule has 0 fully saturated rings. The maximum absolute atomic E-state index is 12.9. The van der Waals surface area contributed by atoms with Gasteiger partial charge in [0.25, 0.3) is 0 Å². The van der Waals surface area contributed by atoms with E-state index in [1.807, 2.05) is 0 Å². The Balaban J connectivity index is 4.35. The van der Waals surface area contributed by atoms with Gasteiger partial charge in [0.2, 0.25) is 0 Å². The lowest BCUT2D eigenvalue weighted by atomic mass is 10.0. The monoisotopic (exact) mass is 1060 g/mol. The zero-order valence-corrected chi connectivity index (χ0v) is 49.9. The number of carbonyl (C=O) groups excluding carboxylic acids is 3. The van der Waals surface area contributed by atoms with Crippen LogP contribution in [0.15, 0.2) is 134 Å². The van der Waals surface area contributed by atoms with Crippen LogP contribution in [-0.4, -0.2) is 37.2 Å². The fourth-order valence-electron chi connectivity index (χ4n) is 8.42. The Morgan fingerprint density at radius 2 is 0.506 bits per heavy atom. The molecule has 0 bridgehead atoms. The maximum atomic E-state index is 12.9. The number of carbonyl (C=O) groups is 3. The van der Waals surface area contributed by atoms with Gasteiger partial charge < -0.3 is 14.2 Å². The summed E-state index contributed by atoms with van der Waals surface area (Å²) in [6.07, 6.45) is 90.2. The first kappa shape index (κ1) is 72.5. The molecular formula is C71H116O6. The van der Waals surface area contributed by atoms with Gasteiger partial charge in [0.1, 0.15) is 13.2 Å². The Morgan fingerprint density at radius 3 is 0.805 bits per heavy atom. The summed E-state index contributed by atoms with van der Waals surface area (Å²) in [6.45, 7) is 6.36. The summed E-state index contributed by atoms with van der Waals surface area (Å²) in [5.41, 5.74) is 0. The molecule has 0 rings (SSSR count). The molecule has 1 atom stereocenters. The summed E-state index contributed by atoms with van der Waals surface area (Å²) in [5, 5.41) is 0. The van der Waals surface area contributed by atoms with E-state index in [0.29, 0.717) is 19.3 Å². The van der Waals surface area contributed by atoms with Gasteiger partial charge in [-0.2, -0.15) is 0 Å². The van der Waals surface area contributed by atoms with Crippen molar-refractivity contribution in [3.05, 3.63) is 134 Å². The molecule has 436 valence electrons. The van der Waals surface area contributed by atoms with Gasteiger partial charge in [0.15, 0.2) is 6.10 Å². The fourth-order valence-corrected chi connectivity index (χ4v) is 8.42. The van der Waals surface area contributed by atoms with Crippen LogP contribution in [0.4, 0.5) is 0 Å². The fraction of sp³-hybridized carbons (Fsp3) is 0.648. The molecule has 6 nitrogen and oxygen atoms in total. The molecule has 77 heavy (non-hydrogen) atoms. The predicted octanol–water partition coefficient (Wildman–Crippen LogP) is 21.8. The summed E-state index contributed by atoms with van der Waals surface area (Å²) in [4.78, 5) is 38.3. The quantitative estimate of drug-likeness (QED) is 0.0261. The summed E-state index contributed by atoms with van der Waals surface area (Å²) >= 11 is 0. The van der Waals surface area contributed by atoms with Crippen LogP contribution in [0.3, 0.4) is 0 Å². The zero-order chi connectivity index (χ0) is 55.7. The normalized spacial score (nSPS) is 13.0. The van der Waals surface area contributed by atoms with Gasteiger partial charge in [-0.1, -0.05) is 264 Å². The van der Waals surface area contributed by atoms with Crippen LogP contribution in [0, 0.1) is 0 Å². The van der Waals surface area contributed by atoms with E-state index in [1.54, 1.807) is 0 Å². The smallest absolute Gasteiger partial charge is 0.306 e. The molecule has 0 saturated carbocycles. The van der Waals surface area contributed by atoms with Crippen molar-refractivity contribution >= 4 is 17.9 Å². The molecule has 0 spiro atoms. The summed E-state index contributed by atoms with van der Waals surface area (Å²) in [5.74, 6) is -0.919. The van der Waals surface area contributed by atoms with Gasteiger partial charge >= 0.3 is 17.9 Å². The number of ether oxygens (including phenoxy) is 3. The second-order valence-corrected chi connectivity index (χ2v) is 20.5. The molecule has 0 aromatic heterocycles. The Bertz CT molecular complexity index is 1650. The standard InChI is InChI=1S/C71H116O6/c1-4-7-10-13-16-19-22-24-26-28-30-32-34-35-37-38-40-42-44-46-49-52-55-58-61-64-70(73)76-67-68(66-75-69(72)63-60-57-54-51-48-21-18-15-12-9-6-3)77-71(74)65-62-59-56-53-50-47-45-43-41-39-36-33-31-29-27-25-23-20-17-14-11-8-5-2/h7-8,10-11,15-20,24-27,30-33,35,37,40,42,68H,4-6,9,12-14,21-23,28-29,34,36,38-39,41,43-67H2,1-3H3/b10-7-,11-8-,18-15-,19-16-,20-17-,26-24-,27-25-,32-30-,33-31-,37-35-,42-40-. The molecular weight excluding hydrogens is 949 g/mol. The molecule has 6 heteroatoms. The predicted molar refractivity (Wildman–Crippen MR) is 334 cm³/mol. The Kier molecular flexibility index (Phi) is 60.4. The Labute approximate surface area is 475 Å². The molecule has 0 heterocycles. The maximum Gasteiger partial charge on any atom is 0.306 e. The first-order chi connectivity index (χ1) is 38.0. The van der Waals surface area contributed by atoms with Crippen LogP contribution in [0.5, 0.6) is 0 Å². The third-order valence-corrected chi connectivity index (χ3v) is 13.1. The molecule has 0 saturated heterocycles. The molecule has 0 aliphatic carbocycles. The number of hydrogen-bond acceptors (Lipinski definition) is 6. The van der Waals surface area contributed by atoms with E-state index in [0.717, 1.165) is 148 Å². The summed E-state index contributed by atoms with van der Waals surface area (Å²) in [7, 11) is 0. The zero-order valence-electron chi connectivity index (χ0n) is 49.9. The number of rotatable bonds is 56. The molecule has 0 radical (unpaired) electrons. The van der Waals surface area contributed by atoms with Crippen LogP contribution >= 0.6 is 0 Å². The molecule has 0 aromatic rings. The minimum Gasteiger partial charge on any atom is -0.462 e. The Hall–Kier alpha value is -4.45. The summed E-state index contributed by atoms with van der Waals surface area (Å²) < 4.78 is 16.9. The van der Waals surface area contributed by atoms with E-state index >= 15 is 0 Å². The molecule has 0 amide bonds. The lowest BCUT2D eigenvalue weighted by Gasteiger charge is -2.18. The number of esters is 3. The first-order valence-corrected chi connectivity index (χ1v) is 31.7. The number of unbranched alkanes of at least 4 members (excludes halogenated alkanes) is 23. The highest BCUT2D eigenvalue weighted by Crippen LogP contribution is 2.15. The average Bonchev–Trinajstić information content (AvgIpc) is 3.43. The van der Waals surface area contributed by atoms with Crippen LogP contribution in [0.25, 0.3) is 0 Å². The van der Waals surface area contributed by atoms with Crippen molar-refractivity contribution in [2.45, 2.75) is 284 Å². The highest BCUT2D eigenvalue weighted by molar-refractivity contribution is 5.71. The molecule has 0 N–H and O–H groups in total. The highest BCUT2D eigenvalue weighted by atomic mass is 16.6. The average molecular weight is 1070 g/mol. The van der Waals surface area contributed by atoms with Crippen molar-refractivity contribution in [2.24, 2.45) is 0 Å². The van der Waals surface area contributed by atoms with Crippen molar-refractivity contribution in [3.8, 4) is 0 Å². The van der Waals surface area contributed by atoms with E-state index < -0.39 is 6.10 Å². The van der Waals surface area contributed by atoms with Crippen LogP contribution in [0.2, 0.25) is 0 Å². The lowest BCUT2D eigenvalue weighted by molar-refractivity contribution is -0.167. The van der Waals surface area contributed by atoms with Crippen molar-refractivity contribution in [2.75, 3.05) is 13.2 Å². The van der Waals surface area contributed by atoms with Crippen molar-refractivity contribution in [3.63, 3.8) is 0 Å². The van der Waals surface area contributed by atoms with Gasteiger partial charge in [-0.3, -0.25) is 14.4 Å². The van der Waals surface area contributed by atoms with Crippen molar-refractivity contribution in [1.29, 1.82) is 0 Å². The van der Waals surface area contributed by atoms with Crippen LogP contribution < -0.4 is 0 Å². The highest BCUT2D eigenvalue weighted by Gasteiger charge is 2.19. The second kappa shape index (κ2) is 64.1. The van der Waals surface area contributed by atoms with E-state index in [-0.39, 0.29) is 31.1 Å². The number of hydrogen-bond donors (Lipinski definition) is 0. The molecule has 0 aliphatic rings. The molecule has 1 unspecified atom stereocenters. The lowest BCUT2D eigenvalue weighted by Crippen LogP contribution is -2.30. The van der Waals surface area contributed by atoms with E-state index in [9.17, 15) is 14.4 Å². The van der Waals surface area contributed by atoms with Gasteiger partial charge in [0.05, 0.1) is 0 Å². The molecule has 0 aliphatic heterocycles. The van der Waals surface area contributed by atoms with Crippen molar-refractivity contribution in [1.82, 2.24) is 0 Å². The Morgan fingerprint density at radius 1 is 0.273 bits per heavy atom. The van der Waals surface area contributed by atoms with E-state index in [4.69, 9.17) is 14.2 Å². The van der Waals surface area contributed by atoms with Gasteiger partial charge in [-0.15, -0.1) is 0 Å². The molecule has 0 aromatic carbocycles.